The minimum atomic E-state index is 0.408. The normalized spacial score (nSPS) is 9.50. The molecule has 0 bridgehead atoms. The Bertz CT molecular complexity index is 565. The van der Waals surface area contributed by atoms with Crippen molar-refractivity contribution in [2.24, 2.45) is 0 Å². The van der Waals surface area contributed by atoms with Crippen LogP contribution < -0.4 is 4.74 Å². The molecule has 0 saturated heterocycles. The molecule has 3 heteroatoms. The lowest BCUT2D eigenvalue weighted by atomic mass is 10.0. The van der Waals surface area contributed by atoms with Crippen LogP contribution in [0, 0.1) is 11.3 Å². The maximum absolute atomic E-state index is 10.2. The summed E-state index contributed by atoms with van der Waals surface area (Å²) in [5, 5.41) is 8.59. The van der Waals surface area contributed by atoms with Crippen molar-refractivity contribution in [2.75, 3.05) is 0 Å². The lowest BCUT2D eigenvalue weighted by molar-refractivity contribution is -0.120. The van der Waals surface area contributed by atoms with Gasteiger partial charge in [-0.25, -0.2) is 0 Å². The quantitative estimate of drug-likeness (QED) is 0.768. The van der Waals surface area contributed by atoms with Gasteiger partial charge in [0, 0.05) is 0 Å². The molecule has 0 aliphatic rings. The van der Waals surface area contributed by atoms with Gasteiger partial charge in [-0.05, 0) is 28.8 Å². The summed E-state index contributed by atoms with van der Waals surface area (Å²) in [6.45, 7) is 0.408. The number of ether oxygens (including phenoxy) is 1. The topological polar surface area (TPSA) is 50.1 Å². The minimum absolute atomic E-state index is 0.408. The first-order valence-electron chi connectivity index (χ1n) is 5.50. The van der Waals surface area contributed by atoms with E-state index in [1.54, 1.807) is 12.1 Å². The molecule has 0 fully saturated rings. The number of carbonyl (C=O) groups excluding carboxylic acids is 1. The summed E-state index contributed by atoms with van der Waals surface area (Å²) in [5.41, 5.74) is 3.10. The summed E-state index contributed by atoms with van der Waals surface area (Å²) in [5.74, 6) is 0.523. The number of hydrogen-bond donors (Lipinski definition) is 0. The Labute approximate surface area is 105 Å². The van der Waals surface area contributed by atoms with Gasteiger partial charge in [0.05, 0.1) is 12.5 Å². The van der Waals surface area contributed by atoms with E-state index in [4.69, 9.17) is 10.00 Å². The van der Waals surface area contributed by atoms with Gasteiger partial charge in [-0.2, -0.15) is 5.26 Å². The predicted molar refractivity (Wildman–Crippen MR) is 67.9 cm³/mol. The Kier molecular flexibility index (Phi) is 3.72. The molecule has 3 nitrogen and oxygen atoms in total. The Hall–Kier alpha value is -2.60. The zero-order valence-corrected chi connectivity index (χ0v) is 9.67. The van der Waals surface area contributed by atoms with E-state index in [2.05, 4.69) is 6.07 Å². The van der Waals surface area contributed by atoms with Crippen LogP contribution in [0.15, 0.2) is 48.5 Å². The third-order valence-electron chi connectivity index (χ3n) is 2.61. The average molecular weight is 237 g/mol. The summed E-state index contributed by atoms with van der Waals surface area (Å²) in [4.78, 5) is 10.2. The van der Waals surface area contributed by atoms with Crippen molar-refractivity contribution in [3.8, 4) is 22.9 Å². The highest BCUT2D eigenvalue weighted by Crippen LogP contribution is 2.22. The second kappa shape index (κ2) is 5.65. The third kappa shape index (κ3) is 2.74. The maximum atomic E-state index is 10.2. The molecular formula is C15H11NO2. The zero-order chi connectivity index (χ0) is 12.8. The average Bonchev–Trinajstić information content (AvgIpc) is 2.41. The molecule has 88 valence electrons. The number of rotatable bonds is 4. The molecule has 0 unspecified atom stereocenters. The van der Waals surface area contributed by atoms with Crippen LogP contribution in [0.3, 0.4) is 0 Å². The molecule has 2 aromatic rings. The van der Waals surface area contributed by atoms with Crippen LogP contribution in [-0.4, -0.2) is 6.47 Å². The smallest absolute Gasteiger partial charge is 0.298 e. The molecule has 0 amide bonds. The van der Waals surface area contributed by atoms with Gasteiger partial charge in [-0.3, -0.25) is 4.79 Å². The van der Waals surface area contributed by atoms with Crippen LogP contribution in [0.4, 0.5) is 0 Å². The number of benzene rings is 2. The van der Waals surface area contributed by atoms with E-state index in [9.17, 15) is 4.79 Å². The fourth-order valence-electron chi connectivity index (χ4n) is 1.69. The van der Waals surface area contributed by atoms with Crippen LogP contribution >= 0.6 is 0 Å². The van der Waals surface area contributed by atoms with Crippen LogP contribution in [-0.2, 0) is 11.2 Å². The third-order valence-corrected chi connectivity index (χ3v) is 2.61. The second-order valence-corrected chi connectivity index (χ2v) is 3.77. The number of nitrogens with zero attached hydrogens (tertiary/aromatic N) is 1. The number of carbonyl (C=O) groups is 1. The van der Waals surface area contributed by atoms with Crippen molar-refractivity contribution in [2.45, 2.75) is 6.42 Å². The number of nitriles is 1. The fraction of sp³-hybridized carbons (Fsp3) is 0.0667. The Morgan fingerprint density at radius 3 is 2.06 bits per heavy atom. The van der Waals surface area contributed by atoms with Gasteiger partial charge in [0.1, 0.15) is 5.75 Å². The zero-order valence-electron chi connectivity index (χ0n) is 9.67. The van der Waals surface area contributed by atoms with Gasteiger partial charge in [0.25, 0.3) is 6.47 Å². The molecule has 0 saturated carbocycles. The monoisotopic (exact) mass is 237 g/mol. The summed E-state index contributed by atoms with van der Waals surface area (Å²) < 4.78 is 4.73. The molecule has 0 aromatic heterocycles. The van der Waals surface area contributed by atoms with Crippen LogP contribution in [0.2, 0.25) is 0 Å². The van der Waals surface area contributed by atoms with Crippen molar-refractivity contribution >= 4 is 6.47 Å². The first kappa shape index (κ1) is 11.9. The lowest BCUT2D eigenvalue weighted by Crippen LogP contribution is -1.88. The van der Waals surface area contributed by atoms with Gasteiger partial charge in [-0.15, -0.1) is 0 Å². The highest BCUT2D eigenvalue weighted by Gasteiger charge is 1.99. The first-order chi connectivity index (χ1) is 8.83. The number of hydrogen-bond acceptors (Lipinski definition) is 3. The van der Waals surface area contributed by atoms with E-state index in [0.717, 1.165) is 16.7 Å². The highest BCUT2D eigenvalue weighted by atomic mass is 16.5. The Balaban J connectivity index is 2.20. The van der Waals surface area contributed by atoms with E-state index in [1.807, 2.05) is 36.4 Å². The Morgan fingerprint density at radius 2 is 1.56 bits per heavy atom. The van der Waals surface area contributed by atoms with E-state index >= 15 is 0 Å². The summed E-state index contributed by atoms with van der Waals surface area (Å²) in [6.07, 6.45) is 0.423. The molecule has 0 spiro atoms. The summed E-state index contributed by atoms with van der Waals surface area (Å²) in [6, 6.07) is 17.2. The largest absolute Gasteiger partial charge is 0.429 e. The maximum Gasteiger partial charge on any atom is 0.298 e. The van der Waals surface area contributed by atoms with Crippen LogP contribution in [0.1, 0.15) is 5.56 Å². The molecule has 0 atom stereocenters. The first-order valence-corrected chi connectivity index (χ1v) is 5.50. The van der Waals surface area contributed by atoms with E-state index < -0.39 is 0 Å². The molecule has 2 aromatic carbocycles. The molecule has 18 heavy (non-hydrogen) atoms. The molecule has 0 N–H and O–H groups in total. The molecule has 0 radical (unpaired) electrons. The van der Waals surface area contributed by atoms with Crippen molar-refractivity contribution in [3.05, 3.63) is 54.1 Å². The fourth-order valence-corrected chi connectivity index (χ4v) is 1.69. The van der Waals surface area contributed by atoms with Crippen molar-refractivity contribution < 1.29 is 9.53 Å². The summed E-state index contributed by atoms with van der Waals surface area (Å²) in [7, 11) is 0. The van der Waals surface area contributed by atoms with E-state index in [0.29, 0.717) is 18.6 Å². The predicted octanol–water partition coefficient (Wildman–Crippen LogP) is 2.95. The van der Waals surface area contributed by atoms with Crippen LogP contribution in [0.5, 0.6) is 5.75 Å². The van der Waals surface area contributed by atoms with Crippen molar-refractivity contribution in [3.63, 3.8) is 0 Å². The van der Waals surface area contributed by atoms with Gasteiger partial charge >= 0.3 is 0 Å². The van der Waals surface area contributed by atoms with Gasteiger partial charge in [-0.1, -0.05) is 36.4 Å². The van der Waals surface area contributed by atoms with Gasteiger partial charge < -0.3 is 4.74 Å². The van der Waals surface area contributed by atoms with E-state index in [-0.39, 0.29) is 0 Å². The lowest BCUT2D eigenvalue weighted by Gasteiger charge is -2.04. The molecule has 0 aliphatic heterocycles. The summed E-state index contributed by atoms with van der Waals surface area (Å²) >= 11 is 0. The van der Waals surface area contributed by atoms with Crippen molar-refractivity contribution in [1.29, 1.82) is 5.26 Å². The molecule has 0 heterocycles. The Morgan fingerprint density at radius 1 is 1.00 bits per heavy atom. The van der Waals surface area contributed by atoms with Gasteiger partial charge in [0.15, 0.2) is 0 Å². The van der Waals surface area contributed by atoms with E-state index in [1.165, 1.54) is 0 Å². The molecule has 2 rings (SSSR count). The SMILES string of the molecule is N#CCc1ccc(-c2ccc(OC=O)cc2)cc1. The second-order valence-electron chi connectivity index (χ2n) is 3.77. The van der Waals surface area contributed by atoms with Crippen molar-refractivity contribution in [1.82, 2.24) is 0 Å². The highest BCUT2D eigenvalue weighted by molar-refractivity contribution is 5.64. The molecular weight excluding hydrogens is 226 g/mol. The van der Waals surface area contributed by atoms with Crippen LogP contribution in [0.25, 0.3) is 11.1 Å². The minimum Gasteiger partial charge on any atom is -0.429 e. The molecule has 0 aliphatic carbocycles. The van der Waals surface area contributed by atoms with Gasteiger partial charge in [0.2, 0.25) is 0 Å². The standard InChI is InChI=1S/C15H11NO2/c16-10-9-12-1-3-13(4-2-12)14-5-7-15(8-6-14)18-11-17/h1-8,11H,9H2.